The standard InChI is InChI=1S/C15H14N2OS/c16-8-1-2-12-3-5-14(6-4-12)17-15(18)10-13-7-9-19-11-13/h3-7,9,11H,8,10,16H2,(H,17,18). The maximum absolute atomic E-state index is 11.8. The molecule has 2 rings (SSSR count). The maximum Gasteiger partial charge on any atom is 0.228 e. The van der Waals surface area contributed by atoms with E-state index in [2.05, 4.69) is 17.2 Å². The first-order chi connectivity index (χ1) is 9.28. The number of amides is 1. The molecule has 0 saturated carbocycles. The molecule has 1 heterocycles. The van der Waals surface area contributed by atoms with Gasteiger partial charge in [0.1, 0.15) is 0 Å². The molecule has 1 amide bonds. The van der Waals surface area contributed by atoms with Crippen LogP contribution in [0.25, 0.3) is 0 Å². The van der Waals surface area contributed by atoms with Crippen molar-refractivity contribution >= 4 is 22.9 Å². The molecule has 96 valence electrons. The van der Waals surface area contributed by atoms with Gasteiger partial charge in [0.25, 0.3) is 0 Å². The van der Waals surface area contributed by atoms with Crippen LogP contribution in [-0.2, 0) is 11.2 Å². The first kappa shape index (κ1) is 13.3. The molecule has 0 aliphatic carbocycles. The highest BCUT2D eigenvalue weighted by Crippen LogP contribution is 2.11. The fourth-order valence-corrected chi connectivity index (χ4v) is 2.24. The van der Waals surface area contributed by atoms with Gasteiger partial charge in [0.05, 0.1) is 13.0 Å². The second kappa shape index (κ2) is 6.74. The molecule has 2 aromatic rings. The monoisotopic (exact) mass is 270 g/mol. The number of carbonyl (C=O) groups excluding carboxylic acids is 1. The van der Waals surface area contributed by atoms with Crippen LogP contribution in [0.3, 0.4) is 0 Å². The molecule has 0 unspecified atom stereocenters. The van der Waals surface area contributed by atoms with Gasteiger partial charge >= 0.3 is 0 Å². The molecule has 1 aromatic heterocycles. The second-order valence-electron chi connectivity index (χ2n) is 3.94. The van der Waals surface area contributed by atoms with Gasteiger partial charge in [-0.3, -0.25) is 4.79 Å². The average Bonchev–Trinajstić information content (AvgIpc) is 2.90. The Balaban J connectivity index is 1.94. The summed E-state index contributed by atoms with van der Waals surface area (Å²) in [6, 6.07) is 9.36. The lowest BCUT2D eigenvalue weighted by Gasteiger charge is -2.04. The summed E-state index contributed by atoms with van der Waals surface area (Å²) in [5.74, 6) is 5.71. The zero-order chi connectivity index (χ0) is 13.5. The first-order valence-corrected chi connectivity index (χ1v) is 6.82. The van der Waals surface area contributed by atoms with Gasteiger partial charge in [-0.2, -0.15) is 11.3 Å². The Labute approximate surface area is 116 Å². The van der Waals surface area contributed by atoms with Crippen molar-refractivity contribution in [3.05, 3.63) is 52.2 Å². The predicted molar refractivity (Wildman–Crippen MR) is 79.0 cm³/mol. The van der Waals surface area contributed by atoms with E-state index in [-0.39, 0.29) is 5.91 Å². The molecule has 3 N–H and O–H groups in total. The van der Waals surface area contributed by atoms with Crippen molar-refractivity contribution in [1.29, 1.82) is 0 Å². The smallest absolute Gasteiger partial charge is 0.228 e. The number of benzene rings is 1. The molecule has 0 radical (unpaired) electrons. The number of rotatable bonds is 3. The number of hydrogen-bond acceptors (Lipinski definition) is 3. The van der Waals surface area contributed by atoms with Crippen LogP contribution in [0.2, 0.25) is 0 Å². The summed E-state index contributed by atoms with van der Waals surface area (Å²) in [6.45, 7) is 0.346. The molecule has 0 spiro atoms. The van der Waals surface area contributed by atoms with Crippen molar-refractivity contribution < 1.29 is 4.79 Å². The van der Waals surface area contributed by atoms with E-state index in [1.165, 1.54) is 0 Å². The van der Waals surface area contributed by atoms with E-state index in [0.29, 0.717) is 13.0 Å². The zero-order valence-electron chi connectivity index (χ0n) is 10.3. The summed E-state index contributed by atoms with van der Waals surface area (Å²) in [6.07, 6.45) is 0.401. The summed E-state index contributed by atoms with van der Waals surface area (Å²) in [4.78, 5) is 11.8. The lowest BCUT2D eigenvalue weighted by atomic mass is 10.2. The van der Waals surface area contributed by atoms with Crippen LogP contribution in [0.1, 0.15) is 11.1 Å². The number of nitrogens with one attached hydrogen (secondary N) is 1. The van der Waals surface area contributed by atoms with Gasteiger partial charge < -0.3 is 11.1 Å². The molecule has 0 aliphatic heterocycles. The van der Waals surface area contributed by atoms with Gasteiger partial charge in [-0.1, -0.05) is 11.8 Å². The van der Waals surface area contributed by atoms with Crippen molar-refractivity contribution in [2.24, 2.45) is 5.73 Å². The topological polar surface area (TPSA) is 55.1 Å². The average molecular weight is 270 g/mol. The molecule has 0 bridgehead atoms. The van der Waals surface area contributed by atoms with Gasteiger partial charge in [0, 0.05) is 11.3 Å². The SMILES string of the molecule is NCC#Cc1ccc(NC(=O)Cc2ccsc2)cc1. The van der Waals surface area contributed by atoms with E-state index in [4.69, 9.17) is 5.73 Å². The molecular formula is C15H14N2OS. The number of carbonyl (C=O) groups is 1. The van der Waals surface area contributed by atoms with Crippen LogP contribution in [-0.4, -0.2) is 12.5 Å². The Morgan fingerprint density at radius 3 is 2.68 bits per heavy atom. The van der Waals surface area contributed by atoms with E-state index in [1.54, 1.807) is 11.3 Å². The van der Waals surface area contributed by atoms with Gasteiger partial charge in [0.2, 0.25) is 5.91 Å². The Kier molecular flexibility index (Phi) is 4.73. The van der Waals surface area contributed by atoms with Gasteiger partial charge in [0.15, 0.2) is 0 Å². The van der Waals surface area contributed by atoms with Crippen LogP contribution < -0.4 is 11.1 Å². The van der Waals surface area contributed by atoms with E-state index in [9.17, 15) is 4.79 Å². The van der Waals surface area contributed by atoms with E-state index >= 15 is 0 Å². The van der Waals surface area contributed by atoms with Gasteiger partial charge in [-0.25, -0.2) is 0 Å². The molecular weight excluding hydrogens is 256 g/mol. The Hall–Kier alpha value is -2.09. The van der Waals surface area contributed by atoms with Crippen LogP contribution in [0, 0.1) is 11.8 Å². The summed E-state index contributed by atoms with van der Waals surface area (Å²) in [7, 11) is 0. The number of hydrogen-bond donors (Lipinski definition) is 2. The molecule has 0 aliphatic rings. The van der Waals surface area contributed by atoms with Crippen LogP contribution in [0.5, 0.6) is 0 Å². The quantitative estimate of drug-likeness (QED) is 0.840. The van der Waals surface area contributed by atoms with Crippen LogP contribution in [0.15, 0.2) is 41.1 Å². The Morgan fingerprint density at radius 2 is 2.05 bits per heavy atom. The fraction of sp³-hybridized carbons (Fsp3) is 0.133. The third-order valence-electron chi connectivity index (χ3n) is 2.45. The summed E-state index contributed by atoms with van der Waals surface area (Å²) in [5.41, 5.74) is 8.01. The fourth-order valence-electron chi connectivity index (χ4n) is 1.57. The number of anilines is 1. The summed E-state index contributed by atoms with van der Waals surface area (Å²) < 4.78 is 0. The highest BCUT2D eigenvalue weighted by molar-refractivity contribution is 7.08. The minimum Gasteiger partial charge on any atom is -0.326 e. The molecule has 19 heavy (non-hydrogen) atoms. The largest absolute Gasteiger partial charge is 0.326 e. The molecule has 4 heteroatoms. The number of nitrogens with two attached hydrogens (primary N) is 1. The number of thiophene rings is 1. The van der Waals surface area contributed by atoms with Crippen molar-refractivity contribution in [3.63, 3.8) is 0 Å². The van der Waals surface area contributed by atoms with Crippen molar-refractivity contribution in [2.75, 3.05) is 11.9 Å². The molecule has 0 atom stereocenters. The Morgan fingerprint density at radius 1 is 1.26 bits per heavy atom. The molecule has 1 aromatic carbocycles. The van der Waals surface area contributed by atoms with Gasteiger partial charge in [-0.05, 0) is 46.7 Å². The first-order valence-electron chi connectivity index (χ1n) is 5.88. The third-order valence-corrected chi connectivity index (χ3v) is 3.18. The van der Waals surface area contributed by atoms with Crippen molar-refractivity contribution in [1.82, 2.24) is 0 Å². The summed E-state index contributed by atoms with van der Waals surface area (Å²) in [5, 5.41) is 6.80. The zero-order valence-corrected chi connectivity index (χ0v) is 11.2. The predicted octanol–water partition coefficient (Wildman–Crippen LogP) is 2.24. The molecule has 3 nitrogen and oxygen atoms in total. The van der Waals surface area contributed by atoms with E-state index in [1.807, 2.05) is 41.1 Å². The minimum absolute atomic E-state index is 0.0146. The minimum atomic E-state index is -0.0146. The lowest BCUT2D eigenvalue weighted by Crippen LogP contribution is -2.13. The highest BCUT2D eigenvalue weighted by Gasteiger charge is 2.04. The highest BCUT2D eigenvalue weighted by atomic mass is 32.1. The van der Waals surface area contributed by atoms with Crippen LogP contribution >= 0.6 is 11.3 Å². The van der Waals surface area contributed by atoms with E-state index < -0.39 is 0 Å². The molecule has 0 fully saturated rings. The summed E-state index contributed by atoms with van der Waals surface area (Å²) >= 11 is 1.59. The normalized spacial score (nSPS) is 9.53. The Bertz CT molecular complexity index is 591. The van der Waals surface area contributed by atoms with Gasteiger partial charge in [-0.15, -0.1) is 0 Å². The maximum atomic E-state index is 11.8. The van der Waals surface area contributed by atoms with E-state index in [0.717, 1.165) is 16.8 Å². The lowest BCUT2D eigenvalue weighted by molar-refractivity contribution is -0.115. The van der Waals surface area contributed by atoms with Crippen LogP contribution in [0.4, 0.5) is 5.69 Å². The second-order valence-corrected chi connectivity index (χ2v) is 4.72. The third kappa shape index (κ3) is 4.25. The van der Waals surface area contributed by atoms with Crippen molar-refractivity contribution in [3.8, 4) is 11.8 Å². The molecule has 0 saturated heterocycles. The van der Waals surface area contributed by atoms with Crippen molar-refractivity contribution in [2.45, 2.75) is 6.42 Å².